The first kappa shape index (κ1) is 8.89. The van der Waals surface area contributed by atoms with E-state index in [1.165, 1.54) is 0 Å². The maximum Gasteiger partial charge on any atom is 0.355 e. The number of carbonyl (C=O) groups is 1. The van der Waals surface area contributed by atoms with Crippen molar-refractivity contribution in [3.05, 3.63) is 27.4 Å². The smallest absolute Gasteiger partial charge is 0.355 e. The van der Waals surface area contributed by atoms with Gasteiger partial charge in [-0.3, -0.25) is 0 Å². The topological polar surface area (TPSA) is 103 Å². The number of rotatable bonds is 1. The molecule has 1 aromatic heterocycles. The molecule has 1 aliphatic carbocycles. The van der Waals surface area contributed by atoms with Crippen molar-refractivity contribution in [2.75, 3.05) is 0 Å². The van der Waals surface area contributed by atoms with Gasteiger partial charge in [-0.2, -0.15) is 4.98 Å². The minimum absolute atomic E-state index is 0.247. The fourth-order valence-corrected chi connectivity index (χ4v) is 1.67. The predicted molar refractivity (Wildman–Crippen MR) is 45.1 cm³/mol. The minimum atomic E-state index is -1.28. The average Bonchev–Trinajstić information content (AvgIpc) is 2.46. The Bertz CT molecular complexity index is 451. The molecule has 6 heteroatoms. The number of nitrogens with zero attached hydrogens (tertiary/aromatic N) is 1. The molecule has 0 bridgehead atoms. The first-order chi connectivity index (χ1) is 6.59. The van der Waals surface area contributed by atoms with Crippen molar-refractivity contribution in [1.29, 1.82) is 0 Å². The van der Waals surface area contributed by atoms with Gasteiger partial charge in [-0.25, -0.2) is 9.59 Å². The molecule has 0 aromatic carbocycles. The zero-order chi connectivity index (χ0) is 10.3. The molecule has 14 heavy (non-hydrogen) atoms. The van der Waals surface area contributed by atoms with E-state index in [1.54, 1.807) is 0 Å². The van der Waals surface area contributed by atoms with E-state index in [0.29, 0.717) is 18.5 Å². The van der Waals surface area contributed by atoms with Gasteiger partial charge in [-0.05, 0) is 12.8 Å². The molecule has 1 aliphatic rings. The van der Waals surface area contributed by atoms with E-state index in [2.05, 4.69) is 9.97 Å². The van der Waals surface area contributed by atoms with Crippen LogP contribution in [0.25, 0.3) is 0 Å². The highest BCUT2D eigenvalue weighted by atomic mass is 16.4. The molecule has 0 radical (unpaired) electrons. The van der Waals surface area contributed by atoms with Crippen molar-refractivity contribution in [2.24, 2.45) is 0 Å². The van der Waals surface area contributed by atoms with Gasteiger partial charge in [0.15, 0.2) is 5.69 Å². The van der Waals surface area contributed by atoms with Gasteiger partial charge in [-0.1, -0.05) is 0 Å². The summed E-state index contributed by atoms with van der Waals surface area (Å²) in [6.07, 6.45) is 0.0756. The third-order valence-corrected chi connectivity index (χ3v) is 2.25. The number of carboxylic acids is 1. The molecular weight excluding hydrogens is 188 g/mol. The molecule has 1 aromatic rings. The van der Waals surface area contributed by atoms with Crippen LogP contribution in [0.4, 0.5) is 0 Å². The Balaban J connectivity index is 2.71. The number of aromatic amines is 1. The van der Waals surface area contributed by atoms with Crippen molar-refractivity contribution in [2.45, 2.75) is 18.9 Å². The highest BCUT2D eigenvalue weighted by molar-refractivity contribution is 5.87. The van der Waals surface area contributed by atoms with Gasteiger partial charge in [0.05, 0.1) is 6.10 Å². The van der Waals surface area contributed by atoms with Gasteiger partial charge in [0.25, 0.3) is 0 Å². The lowest BCUT2D eigenvalue weighted by atomic mass is 10.1. The van der Waals surface area contributed by atoms with E-state index in [0.717, 1.165) is 0 Å². The average molecular weight is 196 g/mol. The quantitative estimate of drug-likeness (QED) is 0.559. The van der Waals surface area contributed by atoms with Crippen molar-refractivity contribution < 1.29 is 15.0 Å². The van der Waals surface area contributed by atoms with Crippen LogP contribution in [-0.2, 0) is 6.42 Å². The van der Waals surface area contributed by atoms with Gasteiger partial charge in [-0.15, -0.1) is 0 Å². The van der Waals surface area contributed by atoms with Crippen LogP contribution in [0.2, 0.25) is 0 Å². The third-order valence-electron chi connectivity index (χ3n) is 2.25. The Hall–Kier alpha value is -1.69. The highest BCUT2D eigenvalue weighted by Gasteiger charge is 2.28. The lowest BCUT2D eigenvalue weighted by Gasteiger charge is -2.05. The number of aromatic carboxylic acids is 1. The van der Waals surface area contributed by atoms with Crippen LogP contribution in [0, 0.1) is 0 Å². The van der Waals surface area contributed by atoms with Gasteiger partial charge in [0.2, 0.25) is 0 Å². The minimum Gasteiger partial charge on any atom is -0.476 e. The van der Waals surface area contributed by atoms with E-state index < -0.39 is 17.8 Å². The molecular formula is C8H8N2O4. The lowest BCUT2D eigenvalue weighted by Crippen LogP contribution is -2.20. The number of nitrogens with one attached hydrogen (secondary N) is 1. The molecule has 1 heterocycles. The summed E-state index contributed by atoms with van der Waals surface area (Å²) in [6.45, 7) is 0. The molecule has 6 nitrogen and oxygen atoms in total. The standard InChI is InChI=1S/C8H8N2O4/c11-4-2-1-3-5(4)6(7(12)13)10-8(14)9-3/h4,11H,1-2H2,(H,12,13)(H,9,10,14). The van der Waals surface area contributed by atoms with Crippen LogP contribution in [0.5, 0.6) is 0 Å². The number of hydrogen-bond acceptors (Lipinski definition) is 4. The molecule has 1 unspecified atom stereocenters. The zero-order valence-electron chi connectivity index (χ0n) is 7.15. The Morgan fingerprint density at radius 1 is 1.57 bits per heavy atom. The van der Waals surface area contributed by atoms with Crippen LogP contribution < -0.4 is 5.69 Å². The fourth-order valence-electron chi connectivity index (χ4n) is 1.67. The van der Waals surface area contributed by atoms with Crippen molar-refractivity contribution >= 4 is 5.97 Å². The molecule has 0 saturated carbocycles. The second kappa shape index (κ2) is 2.91. The van der Waals surface area contributed by atoms with Crippen LogP contribution in [0.3, 0.4) is 0 Å². The fraction of sp³-hybridized carbons (Fsp3) is 0.375. The molecule has 0 aliphatic heterocycles. The lowest BCUT2D eigenvalue weighted by molar-refractivity contribution is 0.0682. The summed E-state index contributed by atoms with van der Waals surface area (Å²) in [5.41, 5.74) is -0.295. The van der Waals surface area contributed by atoms with Gasteiger partial charge in [0.1, 0.15) is 0 Å². The highest BCUT2D eigenvalue weighted by Crippen LogP contribution is 2.30. The summed E-state index contributed by atoms with van der Waals surface area (Å²) in [6, 6.07) is 0. The molecule has 74 valence electrons. The van der Waals surface area contributed by atoms with Crippen LogP contribution in [-0.4, -0.2) is 26.2 Å². The molecule has 0 saturated heterocycles. The summed E-state index contributed by atoms with van der Waals surface area (Å²) < 4.78 is 0. The summed E-state index contributed by atoms with van der Waals surface area (Å²) in [5, 5.41) is 18.2. The second-order valence-corrected chi connectivity index (χ2v) is 3.14. The van der Waals surface area contributed by atoms with Crippen molar-refractivity contribution in [3.63, 3.8) is 0 Å². The van der Waals surface area contributed by atoms with Crippen molar-refractivity contribution in [1.82, 2.24) is 9.97 Å². The van der Waals surface area contributed by atoms with Crippen molar-refractivity contribution in [3.8, 4) is 0 Å². The normalized spacial score (nSPS) is 19.4. The molecule has 2 rings (SSSR count). The van der Waals surface area contributed by atoms with E-state index in [-0.39, 0.29) is 11.3 Å². The number of hydrogen-bond donors (Lipinski definition) is 3. The Morgan fingerprint density at radius 3 is 2.93 bits per heavy atom. The van der Waals surface area contributed by atoms with Gasteiger partial charge < -0.3 is 15.2 Å². The molecule has 1 atom stereocenters. The maximum absolute atomic E-state index is 10.9. The zero-order valence-corrected chi connectivity index (χ0v) is 7.15. The number of aliphatic hydroxyl groups excluding tert-OH is 1. The molecule has 0 amide bonds. The van der Waals surface area contributed by atoms with Crippen LogP contribution in [0.15, 0.2) is 4.79 Å². The summed E-state index contributed by atoms with van der Waals surface area (Å²) in [4.78, 5) is 27.4. The SMILES string of the molecule is O=C(O)c1nc(=O)[nH]c2c1C(O)CC2. The van der Waals surface area contributed by atoms with E-state index >= 15 is 0 Å². The number of aromatic nitrogens is 2. The maximum atomic E-state index is 10.9. The number of fused-ring (bicyclic) bond motifs is 1. The third kappa shape index (κ3) is 1.20. The first-order valence-corrected chi connectivity index (χ1v) is 4.14. The van der Waals surface area contributed by atoms with Gasteiger partial charge in [0, 0.05) is 11.3 Å². The van der Waals surface area contributed by atoms with E-state index in [1.807, 2.05) is 0 Å². The Kier molecular flexibility index (Phi) is 1.85. The van der Waals surface area contributed by atoms with E-state index in [4.69, 9.17) is 5.11 Å². The Labute approximate surface area is 78.2 Å². The number of aliphatic hydroxyl groups is 1. The molecule has 0 spiro atoms. The predicted octanol–water partition coefficient (Wildman–Crippen LogP) is -0.552. The summed E-state index contributed by atoms with van der Waals surface area (Å²) >= 11 is 0. The summed E-state index contributed by atoms with van der Waals surface area (Å²) in [7, 11) is 0. The monoisotopic (exact) mass is 196 g/mol. The van der Waals surface area contributed by atoms with Crippen LogP contribution >= 0.6 is 0 Å². The summed E-state index contributed by atoms with van der Waals surface area (Å²) in [5.74, 6) is -1.28. The largest absolute Gasteiger partial charge is 0.476 e. The number of H-pyrrole nitrogens is 1. The van der Waals surface area contributed by atoms with E-state index in [9.17, 15) is 14.7 Å². The Morgan fingerprint density at radius 2 is 2.29 bits per heavy atom. The molecule has 0 fully saturated rings. The second-order valence-electron chi connectivity index (χ2n) is 3.14. The van der Waals surface area contributed by atoms with Crippen LogP contribution in [0.1, 0.15) is 34.3 Å². The number of aryl methyl sites for hydroxylation is 1. The number of carboxylic acid groups (broad SMARTS) is 1. The molecule has 3 N–H and O–H groups in total. The first-order valence-electron chi connectivity index (χ1n) is 4.14. The van der Waals surface area contributed by atoms with Gasteiger partial charge >= 0.3 is 11.7 Å².